The van der Waals surface area contributed by atoms with Gasteiger partial charge in [0, 0.05) is 31.0 Å². The number of ketones is 1. The summed E-state index contributed by atoms with van der Waals surface area (Å²) in [4.78, 5) is 32.1. The van der Waals surface area contributed by atoms with Crippen LogP contribution in [0, 0.1) is 0 Å². The lowest BCUT2D eigenvalue weighted by Gasteiger charge is -2.26. The van der Waals surface area contributed by atoms with Gasteiger partial charge in [0.2, 0.25) is 0 Å². The van der Waals surface area contributed by atoms with Crippen LogP contribution in [-0.4, -0.2) is 58.1 Å². The van der Waals surface area contributed by atoms with E-state index >= 15 is 0 Å². The molecule has 9 nitrogen and oxygen atoms in total. The number of aliphatic hydroxyl groups is 1. The first-order valence-corrected chi connectivity index (χ1v) is 12.3. The van der Waals surface area contributed by atoms with E-state index in [4.69, 9.17) is 14.2 Å². The molecule has 1 saturated heterocycles. The number of aryl methyl sites for hydroxylation is 1. The summed E-state index contributed by atoms with van der Waals surface area (Å²) in [7, 11) is 1.53. The first-order valence-electron chi connectivity index (χ1n) is 12.3. The second-order valence-corrected chi connectivity index (χ2v) is 8.45. The number of ether oxygens (including phenoxy) is 3. The second kappa shape index (κ2) is 11.6. The molecule has 0 aliphatic carbocycles. The Morgan fingerprint density at radius 3 is 2.41 bits per heavy atom. The SMILES string of the molecule is CCOc1ccc(/C(O)=C2\C(=O)C(=O)N(CCCn3ccnc3)[C@@H]2c2ccc(OCC)c(OC)c2)cc1. The summed E-state index contributed by atoms with van der Waals surface area (Å²) in [5.74, 6) is 0.0488. The summed E-state index contributed by atoms with van der Waals surface area (Å²) >= 11 is 0. The Balaban J connectivity index is 1.75. The van der Waals surface area contributed by atoms with Crippen LogP contribution < -0.4 is 14.2 Å². The number of likely N-dealkylation sites (tertiary alicyclic amines) is 1. The fourth-order valence-electron chi connectivity index (χ4n) is 4.46. The quantitative estimate of drug-likeness (QED) is 0.237. The molecule has 4 rings (SSSR count). The van der Waals surface area contributed by atoms with Crippen molar-refractivity contribution in [3.63, 3.8) is 0 Å². The molecule has 9 heteroatoms. The van der Waals surface area contributed by atoms with Crippen LogP contribution in [0.2, 0.25) is 0 Å². The third-order valence-electron chi connectivity index (χ3n) is 6.16. The second-order valence-electron chi connectivity index (χ2n) is 8.45. The van der Waals surface area contributed by atoms with E-state index in [2.05, 4.69) is 4.98 Å². The first kappa shape index (κ1) is 25.8. The number of hydrogen-bond donors (Lipinski definition) is 1. The van der Waals surface area contributed by atoms with E-state index in [0.29, 0.717) is 61.1 Å². The highest BCUT2D eigenvalue weighted by molar-refractivity contribution is 6.46. The number of methoxy groups -OCH3 is 1. The fraction of sp³-hybridized carbons (Fsp3) is 0.321. The highest BCUT2D eigenvalue weighted by Crippen LogP contribution is 2.42. The van der Waals surface area contributed by atoms with Crippen LogP contribution in [0.25, 0.3) is 5.76 Å². The van der Waals surface area contributed by atoms with Gasteiger partial charge >= 0.3 is 0 Å². The van der Waals surface area contributed by atoms with Gasteiger partial charge in [0.25, 0.3) is 11.7 Å². The largest absolute Gasteiger partial charge is 0.507 e. The van der Waals surface area contributed by atoms with E-state index in [0.717, 1.165) is 0 Å². The van der Waals surface area contributed by atoms with Crippen molar-refractivity contribution >= 4 is 17.4 Å². The topological polar surface area (TPSA) is 103 Å². The van der Waals surface area contributed by atoms with Crippen molar-refractivity contribution in [2.45, 2.75) is 32.9 Å². The number of carbonyl (C=O) groups excluding carboxylic acids is 2. The molecule has 1 aliphatic heterocycles. The maximum absolute atomic E-state index is 13.3. The minimum absolute atomic E-state index is 0.0306. The third kappa shape index (κ3) is 5.45. The van der Waals surface area contributed by atoms with E-state index in [1.54, 1.807) is 55.0 Å². The summed E-state index contributed by atoms with van der Waals surface area (Å²) in [6, 6.07) is 11.3. The van der Waals surface area contributed by atoms with Gasteiger partial charge in [-0.3, -0.25) is 9.59 Å². The van der Waals surface area contributed by atoms with Crippen molar-refractivity contribution in [3.8, 4) is 17.2 Å². The molecular weight excluding hydrogens is 474 g/mol. The summed E-state index contributed by atoms with van der Waals surface area (Å²) in [5.41, 5.74) is 1.08. The van der Waals surface area contributed by atoms with Crippen LogP contribution in [0.1, 0.15) is 37.4 Å². The van der Waals surface area contributed by atoms with Gasteiger partial charge in [0.15, 0.2) is 11.5 Å². The molecule has 1 atom stereocenters. The molecule has 0 bridgehead atoms. The maximum Gasteiger partial charge on any atom is 0.295 e. The van der Waals surface area contributed by atoms with Crippen LogP contribution in [0.15, 0.2) is 66.8 Å². The number of nitrogens with zero attached hydrogens (tertiary/aromatic N) is 3. The number of carbonyl (C=O) groups is 2. The molecule has 0 saturated carbocycles. The number of amides is 1. The first-order chi connectivity index (χ1) is 18.0. The number of hydrogen-bond acceptors (Lipinski definition) is 7. The average molecular weight is 506 g/mol. The lowest BCUT2D eigenvalue weighted by atomic mass is 9.95. The fourth-order valence-corrected chi connectivity index (χ4v) is 4.46. The molecule has 1 N–H and O–H groups in total. The number of aliphatic hydroxyl groups excluding tert-OH is 1. The van der Waals surface area contributed by atoms with Gasteiger partial charge in [-0.2, -0.15) is 0 Å². The highest BCUT2D eigenvalue weighted by Gasteiger charge is 2.46. The Bertz CT molecular complexity index is 1270. The van der Waals surface area contributed by atoms with Crippen LogP contribution in [-0.2, 0) is 16.1 Å². The molecule has 1 aromatic heterocycles. The summed E-state index contributed by atoms with van der Waals surface area (Å²) in [6.45, 7) is 5.66. The molecule has 0 radical (unpaired) electrons. The molecule has 0 unspecified atom stereocenters. The molecule has 194 valence electrons. The van der Waals surface area contributed by atoms with Gasteiger partial charge in [0.1, 0.15) is 11.5 Å². The Morgan fingerprint density at radius 2 is 1.76 bits per heavy atom. The Labute approximate surface area is 215 Å². The smallest absolute Gasteiger partial charge is 0.295 e. The zero-order chi connectivity index (χ0) is 26.4. The van der Waals surface area contributed by atoms with E-state index in [9.17, 15) is 14.7 Å². The average Bonchev–Trinajstić information content (AvgIpc) is 3.52. The molecule has 1 aliphatic rings. The van der Waals surface area contributed by atoms with E-state index in [1.807, 2.05) is 24.6 Å². The molecule has 2 aromatic carbocycles. The predicted octanol–water partition coefficient (Wildman–Crippen LogP) is 4.20. The Kier molecular flexibility index (Phi) is 8.12. The Morgan fingerprint density at radius 1 is 1.00 bits per heavy atom. The normalized spacial score (nSPS) is 16.7. The van der Waals surface area contributed by atoms with Crippen LogP contribution in [0.4, 0.5) is 0 Å². The Hall–Kier alpha value is -4.27. The van der Waals surface area contributed by atoms with Crippen LogP contribution >= 0.6 is 0 Å². The van der Waals surface area contributed by atoms with Crippen molar-refractivity contribution in [3.05, 3.63) is 77.9 Å². The van der Waals surface area contributed by atoms with Gasteiger partial charge in [-0.05, 0) is 62.2 Å². The van der Waals surface area contributed by atoms with E-state index < -0.39 is 17.7 Å². The number of rotatable bonds is 11. The molecule has 1 fully saturated rings. The lowest BCUT2D eigenvalue weighted by molar-refractivity contribution is -0.139. The third-order valence-corrected chi connectivity index (χ3v) is 6.16. The van der Waals surface area contributed by atoms with Gasteiger partial charge in [0.05, 0.1) is 38.3 Å². The van der Waals surface area contributed by atoms with E-state index in [1.165, 1.54) is 12.0 Å². The lowest BCUT2D eigenvalue weighted by Crippen LogP contribution is -2.31. The molecule has 1 amide bonds. The molecule has 0 spiro atoms. The summed E-state index contributed by atoms with van der Waals surface area (Å²) in [5, 5.41) is 11.3. The standard InChI is InChI=1S/C28H31N3O6/c1-4-36-21-10-7-19(8-11-21)26(32)24-25(20-9-12-22(37-5-2)23(17-20)35-3)31(28(34)27(24)33)15-6-14-30-16-13-29-18-30/h7-13,16-18,25,32H,4-6,14-15H2,1-3H3/b26-24+/t25-/m1/s1. The van der Waals surface area contributed by atoms with Crippen molar-refractivity contribution in [1.29, 1.82) is 0 Å². The van der Waals surface area contributed by atoms with Gasteiger partial charge in [-0.15, -0.1) is 0 Å². The van der Waals surface area contributed by atoms with Crippen molar-refractivity contribution in [1.82, 2.24) is 14.5 Å². The minimum atomic E-state index is -0.793. The number of imidazole rings is 1. The van der Waals surface area contributed by atoms with Crippen molar-refractivity contribution < 1.29 is 28.9 Å². The molecule has 2 heterocycles. The van der Waals surface area contributed by atoms with E-state index in [-0.39, 0.29) is 11.3 Å². The van der Waals surface area contributed by atoms with Crippen molar-refractivity contribution in [2.75, 3.05) is 26.9 Å². The minimum Gasteiger partial charge on any atom is -0.507 e. The zero-order valence-corrected chi connectivity index (χ0v) is 21.2. The monoisotopic (exact) mass is 505 g/mol. The predicted molar refractivity (Wildman–Crippen MR) is 138 cm³/mol. The van der Waals surface area contributed by atoms with Crippen LogP contribution in [0.5, 0.6) is 17.2 Å². The van der Waals surface area contributed by atoms with Gasteiger partial charge in [-0.1, -0.05) is 6.07 Å². The molecule has 37 heavy (non-hydrogen) atoms. The number of benzene rings is 2. The highest BCUT2D eigenvalue weighted by atomic mass is 16.5. The molecular formula is C28H31N3O6. The summed E-state index contributed by atoms with van der Waals surface area (Å²) in [6.07, 6.45) is 5.83. The zero-order valence-electron chi connectivity index (χ0n) is 21.2. The van der Waals surface area contributed by atoms with Crippen LogP contribution in [0.3, 0.4) is 0 Å². The van der Waals surface area contributed by atoms with Crippen molar-refractivity contribution in [2.24, 2.45) is 0 Å². The van der Waals surface area contributed by atoms with Gasteiger partial charge < -0.3 is 28.8 Å². The molecule has 3 aromatic rings. The number of aromatic nitrogens is 2. The summed E-state index contributed by atoms with van der Waals surface area (Å²) < 4.78 is 18.6. The van der Waals surface area contributed by atoms with Gasteiger partial charge in [-0.25, -0.2) is 4.98 Å². The number of Topliss-reactive ketones (excluding diaryl/α,β-unsaturated/α-hetero) is 1. The maximum atomic E-state index is 13.3.